The van der Waals surface area contributed by atoms with E-state index in [9.17, 15) is 9.90 Å². The molecule has 5 aromatic rings. The molecule has 1 saturated heterocycles. The van der Waals surface area contributed by atoms with Gasteiger partial charge in [0, 0.05) is 42.9 Å². The highest BCUT2D eigenvalue weighted by molar-refractivity contribution is 7.99. The number of thioether (sulfide) groups is 1. The molecule has 2 N–H and O–H groups in total. The van der Waals surface area contributed by atoms with Crippen molar-refractivity contribution in [1.82, 2.24) is 15.3 Å². The lowest BCUT2D eigenvalue weighted by Crippen LogP contribution is -2.31. The lowest BCUT2D eigenvalue weighted by atomic mass is 9.99. The van der Waals surface area contributed by atoms with Crippen LogP contribution in [0, 0.1) is 0 Å². The Morgan fingerprint density at radius 3 is 2.43 bits per heavy atom. The van der Waals surface area contributed by atoms with E-state index in [1.165, 1.54) is 0 Å². The van der Waals surface area contributed by atoms with Crippen molar-refractivity contribution in [1.29, 1.82) is 0 Å². The van der Waals surface area contributed by atoms with Gasteiger partial charge in [-0.25, -0.2) is 4.98 Å². The van der Waals surface area contributed by atoms with Crippen LogP contribution in [0.15, 0.2) is 127 Å². The fraction of sp³-hybridized carbons (Fsp3) is 0.194. The van der Waals surface area contributed by atoms with Crippen LogP contribution < -0.4 is 5.32 Å². The zero-order chi connectivity index (χ0) is 30.1. The van der Waals surface area contributed by atoms with Gasteiger partial charge in [-0.3, -0.25) is 9.78 Å². The number of carbonyl (C=O) groups is 1. The third-order valence-corrected chi connectivity index (χ3v) is 8.57. The van der Waals surface area contributed by atoms with Crippen LogP contribution in [0.25, 0.3) is 11.1 Å². The van der Waals surface area contributed by atoms with Crippen molar-refractivity contribution >= 4 is 17.7 Å². The van der Waals surface area contributed by atoms with Crippen LogP contribution in [0.1, 0.15) is 51.4 Å². The number of aromatic nitrogens is 2. The minimum Gasteiger partial charge on any atom is -0.392 e. The molecule has 6 rings (SSSR count). The fourth-order valence-corrected chi connectivity index (χ4v) is 5.99. The number of hydrogen-bond acceptors (Lipinski definition) is 7. The Bertz CT molecular complexity index is 1650. The predicted molar refractivity (Wildman–Crippen MR) is 171 cm³/mol. The van der Waals surface area contributed by atoms with Crippen molar-refractivity contribution < 1.29 is 19.4 Å². The number of benzene rings is 3. The Morgan fingerprint density at radius 1 is 0.841 bits per heavy atom. The summed E-state index contributed by atoms with van der Waals surface area (Å²) in [6.45, 7) is 0.429. The first kappa shape index (κ1) is 29.7. The zero-order valence-corrected chi connectivity index (χ0v) is 24.9. The summed E-state index contributed by atoms with van der Waals surface area (Å²) in [4.78, 5) is 20.9. The second-order valence-corrected chi connectivity index (χ2v) is 11.6. The SMILES string of the molecule is O=C(NCc1cccc(-c2ccc([C@H]3O[C@@H](CSc4ccccn4)C[C@@H](c4ccc(CO)cc4)O3)cc2)c1)c1cccnc1. The summed E-state index contributed by atoms with van der Waals surface area (Å²) in [5.41, 5.74) is 6.53. The van der Waals surface area contributed by atoms with Crippen LogP contribution in [0.2, 0.25) is 0 Å². The Balaban J connectivity index is 1.15. The molecule has 8 heteroatoms. The molecule has 1 aliphatic heterocycles. The maximum Gasteiger partial charge on any atom is 0.253 e. The van der Waals surface area contributed by atoms with E-state index in [0.29, 0.717) is 12.1 Å². The van der Waals surface area contributed by atoms with Crippen molar-refractivity contribution in [2.45, 2.75) is 43.1 Å². The summed E-state index contributed by atoms with van der Waals surface area (Å²) in [6, 6.07) is 33.7. The first-order valence-electron chi connectivity index (χ1n) is 14.6. The molecule has 1 fully saturated rings. The summed E-state index contributed by atoms with van der Waals surface area (Å²) >= 11 is 1.68. The second kappa shape index (κ2) is 14.4. The van der Waals surface area contributed by atoms with Crippen molar-refractivity contribution in [2.24, 2.45) is 0 Å². The Morgan fingerprint density at radius 2 is 1.68 bits per heavy atom. The monoisotopic (exact) mass is 603 g/mol. The predicted octanol–water partition coefficient (Wildman–Crippen LogP) is 6.90. The maximum atomic E-state index is 12.5. The molecule has 44 heavy (non-hydrogen) atoms. The minimum atomic E-state index is -0.524. The van der Waals surface area contributed by atoms with Crippen LogP contribution >= 0.6 is 11.8 Å². The number of nitrogens with zero attached hydrogens (tertiary/aromatic N) is 2. The van der Waals surface area contributed by atoms with Crippen molar-refractivity contribution in [3.05, 3.63) is 150 Å². The molecule has 1 aliphatic rings. The highest BCUT2D eigenvalue weighted by atomic mass is 32.2. The average Bonchev–Trinajstić information content (AvgIpc) is 3.10. The summed E-state index contributed by atoms with van der Waals surface area (Å²) < 4.78 is 13.0. The molecule has 0 saturated carbocycles. The minimum absolute atomic E-state index is 0.0101. The number of ether oxygens (including phenoxy) is 2. The molecule has 0 unspecified atom stereocenters. The van der Waals surface area contributed by atoms with E-state index >= 15 is 0 Å². The average molecular weight is 604 g/mol. The van der Waals surface area contributed by atoms with E-state index in [4.69, 9.17) is 9.47 Å². The summed E-state index contributed by atoms with van der Waals surface area (Å²) in [5, 5.41) is 13.4. The van der Waals surface area contributed by atoms with Crippen LogP contribution in [0.5, 0.6) is 0 Å². The zero-order valence-electron chi connectivity index (χ0n) is 24.1. The first-order chi connectivity index (χ1) is 21.6. The van der Waals surface area contributed by atoms with Crippen LogP contribution in [0.4, 0.5) is 0 Å². The van der Waals surface area contributed by atoms with Gasteiger partial charge < -0.3 is 19.9 Å². The van der Waals surface area contributed by atoms with Gasteiger partial charge in [0.15, 0.2) is 6.29 Å². The standard InChI is InChI=1S/C36H33N3O4S/c40-23-25-9-11-28(12-10-25)33-20-32(24-44-34-8-1-2-18-38-34)42-36(43-33)29-15-13-27(14-16-29)30-6-3-5-26(19-30)21-39-35(41)31-7-4-17-37-22-31/h1-19,22,32-33,36,40H,20-21,23-24H2,(H,39,41)/t32-,33+,36+/m1/s1. The number of carbonyl (C=O) groups excluding carboxylic acids is 1. The van der Waals surface area contributed by atoms with E-state index in [0.717, 1.165) is 50.6 Å². The molecule has 0 radical (unpaired) electrons. The summed E-state index contributed by atoms with van der Waals surface area (Å²) in [5.74, 6) is 0.601. The lowest BCUT2D eigenvalue weighted by Gasteiger charge is -2.36. The van der Waals surface area contributed by atoms with Gasteiger partial charge in [-0.15, -0.1) is 11.8 Å². The molecule has 3 heterocycles. The molecule has 0 bridgehead atoms. The number of aliphatic hydroxyl groups excluding tert-OH is 1. The van der Waals surface area contributed by atoms with Gasteiger partial charge in [-0.2, -0.15) is 0 Å². The van der Waals surface area contributed by atoms with Crippen LogP contribution in [-0.2, 0) is 22.6 Å². The molecule has 222 valence electrons. The van der Waals surface area contributed by atoms with Gasteiger partial charge in [-0.05, 0) is 58.1 Å². The van der Waals surface area contributed by atoms with Gasteiger partial charge in [0.05, 0.1) is 29.4 Å². The van der Waals surface area contributed by atoms with E-state index in [2.05, 4.69) is 51.7 Å². The van der Waals surface area contributed by atoms with Gasteiger partial charge >= 0.3 is 0 Å². The van der Waals surface area contributed by atoms with E-state index < -0.39 is 6.29 Å². The van der Waals surface area contributed by atoms with Crippen LogP contribution in [0.3, 0.4) is 0 Å². The Kier molecular flexibility index (Phi) is 9.74. The van der Waals surface area contributed by atoms with E-state index in [-0.39, 0.29) is 24.7 Å². The highest BCUT2D eigenvalue weighted by Gasteiger charge is 2.32. The molecule has 7 nitrogen and oxygen atoms in total. The fourth-order valence-electron chi connectivity index (χ4n) is 5.11. The second-order valence-electron chi connectivity index (χ2n) is 10.6. The Labute approximate surface area is 261 Å². The number of nitrogens with one attached hydrogen (secondary N) is 1. The quantitative estimate of drug-likeness (QED) is 0.168. The highest BCUT2D eigenvalue weighted by Crippen LogP contribution is 2.39. The van der Waals surface area contributed by atoms with Gasteiger partial charge in [0.2, 0.25) is 0 Å². The molecular formula is C36H33N3O4S. The lowest BCUT2D eigenvalue weighted by molar-refractivity contribution is -0.245. The summed E-state index contributed by atoms with van der Waals surface area (Å²) in [6.07, 6.45) is 5.02. The van der Waals surface area contributed by atoms with Crippen molar-refractivity contribution in [2.75, 3.05) is 5.75 Å². The molecule has 1 amide bonds. The number of aliphatic hydroxyl groups is 1. The molecule has 0 aliphatic carbocycles. The van der Waals surface area contributed by atoms with Gasteiger partial charge in [0.25, 0.3) is 5.91 Å². The van der Waals surface area contributed by atoms with Gasteiger partial charge in [-0.1, -0.05) is 72.8 Å². The van der Waals surface area contributed by atoms with Crippen LogP contribution in [-0.4, -0.2) is 32.8 Å². The van der Waals surface area contributed by atoms with E-state index in [1.54, 1.807) is 42.5 Å². The topological polar surface area (TPSA) is 93.6 Å². The maximum absolute atomic E-state index is 12.5. The summed E-state index contributed by atoms with van der Waals surface area (Å²) in [7, 11) is 0. The van der Waals surface area contributed by atoms with Crippen molar-refractivity contribution in [3.8, 4) is 11.1 Å². The van der Waals surface area contributed by atoms with Crippen molar-refractivity contribution in [3.63, 3.8) is 0 Å². The first-order valence-corrected chi connectivity index (χ1v) is 15.5. The largest absolute Gasteiger partial charge is 0.392 e. The molecule has 3 atom stereocenters. The number of amides is 1. The third kappa shape index (κ3) is 7.59. The number of pyridine rings is 2. The molecule has 3 aromatic carbocycles. The molecule has 0 spiro atoms. The van der Waals surface area contributed by atoms with E-state index in [1.807, 2.05) is 54.6 Å². The number of hydrogen-bond donors (Lipinski definition) is 2. The third-order valence-electron chi connectivity index (χ3n) is 7.49. The molecule has 2 aromatic heterocycles. The van der Waals surface area contributed by atoms with Gasteiger partial charge in [0.1, 0.15) is 0 Å². The number of rotatable bonds is 10. The normalized spacial score (nSPS) is 18.1. The smallest absolute Gasteiger partial charge is 0.253 e. The molecular weight excluding hydrogens is 570 g/mol. The Hall–Kier alpha value is -4.34.